The zero-order chi connectivity index (χ0) is 14.9. The third-order valence-electron chi connectivity index (χ3n) is 3.01. The number of hydrogen-bond acceptors (Lipinski definition) is 2. The molecule has 0 fully saturated rings. The number of anilines is 2. The summed E-state index contributed by atoms with van der Waals surface area (Å²) in [5.74, 6) is -0.159. The Morgan fingerprint density at radius 1 is 1.20 bits per heavy atom. The fraction of sp³-hybridized carbons (Fsp3) is 0.133. The van der Waals surface area contributed by atoms with E-state index >= 15 is 0 Å². The van der Waals surface area contributed by atoms with Gasteiger partial charge in [-0.15, -0.1) is 0 Å². The van der Waals surface area contributed by atoms with Crippen molar-refractivity contribution in [3.8, 4) is 0 Å². The average molecular weight is 445 g/mol. The van der Waals surface area contributed by atoms with Crippen molar-refractivity contribution < 1.29 is 4.79 Å². The van der Waals surface area contributed by atoms with Crippen molar-refractivity contribution in [1.29, 1.82) is 0 Å². The maximum Gasteiger partial charge on any atom is 0.255 e. The Bertz CT molecular complexity index is 686. The summed E-state index contributed by atoms with van der Waals surface area (Å²) in [5, 5.41) is 2.93. The topological polar surface area (TPSA) is 55.1 Å². The molecule has 0 spiro atoms. The van der Waals surface area contributed by atoms with Crippen LogP contribution in [0.3, 0.4) is 0 Å². The summed E-state index contributed by atoms with van der Waals surface area (Å²) >= 11 is 5.60. The van der Waals surface area contributed by atoms with E-state index in [0.29, 0.717) is 11.3 Å². The number of carbonyl (C=O) groups excluding carboxylic acids is 1. The van der Waals surface area contributed by atoms with Crippen molar-refractivity contribution in [1.82, 2.24) is 0 Å². The van der Waals surface area contributed by atoms with Gasteiger partial charge in [-0.25, -0.2) is 0 Å². The van der Waals surface area contributed by atoms with Gasteiger partial charge in [-0.1, -0.05) is 0 Å². The van der Waals surface area contributed by atoms with E-state index in [1.54, 1.807) is 18.2 Å². The second-order valence-electron chi connectivity index (χ2n) is 4.61. The number of benzene rings is 2. The molecule has 0 bridgehead atoms. The van der Waals surface area contributed by atoms with Gasteiger partial charge < -0.3 is 11.1 Å². The molecule has 20 heavy (non-hydrogen) atoms. The third-order valence-corrected chi connectivity index (χ3v) is 4.90. The van der Waals surface area contributed by atoms with Crippen molar-refractivity contribution in [2.75, 3.05) is 11.1 Å². The second kappa shape index (κ2) is 6.13. The normalized spacial score (nSPS) is 10.4. The van der Waals surface area contributed by atoms with Crippen LogP contribution in [0.25, 0.3) is 0 Å². The van der Waals surface area contributed by atoms with E-state index in [4.69, 9.17) is 5.73 Å². The average Bonchev–Trinajstić information content (AvgIpc) is 2.39. The minimum absolute atomic E-state index is 0.159. The Morgan fingerprint density at radius 2 is 1.90 bits per heavy atom. The van der Waals surface area contributed by atoms with Crippen LogP contribution in [-0.4, -0.2) is 5.91 Å². The highest BCUT2D eigenvalue weighted by atomic mass is 127. The minimum atomic E-state index is -0.159. The van der Waals surface area contributed by atoms with Gasteiger partial charge in [0.1, 0.15) is 0 Å². The van der Waals surface area contributed by atoms with Gasteiger partial charge >= 0.3 is 0 Å². The van der Waals surface area contributed by atoms with E-state index < -0.39 is 0 Å². The summed E-state index contributed by atoms with van der Waals surface area (Å²) in [6.07, 6.45) is 0. The maximum atomic E-state index is 12.2. The molecule has 2 aromatic carbocycles. The van der Waals surface area contributed by atoms with E-state index in [1.165, 1.54) is 3.57 Å². The van der Waals surface area contributed by atoms with Gasteiger partial charge in [0.05, 0.1) is 0 Å². The smallest absolute Gasteiger partial charge is 0.255 e. The molecule has 0 aromatic heterocycles. The molecule has 0 saturated heterocycles. The molecule has 1 amide bonds. The van der Waals surface area contributed by atoms with Gasteiger partial charge in [0.15, 0.2) is 0 Å². The molecule has 0 saturated carbocycles. The Hall–Kier alpha value is -1.08. The second-order valence-corrected chi connectivity index (χ2v) is 6.62. The molecule has 3 nitrogen and oxygen atoms in total. The van der Waals surface area contributed by atoms with Crippen LogP contribution in [0.5, 0.6) is 0 Å². The number of nitrogens with one attached hydrogen (secondary N) is 1. The SMILES string of the molecule is Cc1cc(NC(=O)c2ccc(Br)c(N)c2)c(C)cc1I. The molecule has 2 rings (SSSR count). The zero-order valence-electron chi connectivity index (χ0n) is 11.1. The highest BCUT2D eigenvalue weighted by Crippen LogP contribution is 2.24. The van der Waals surface area contributed by atoms with Crippen LogP contribution < -0.4 is 11.1 Å². The Labute approximate surface area is 140 Å². The molecule has 0 aliphatic rings. The Balaban J connectivity index is 2.27. The molecular weight excluding hydrogens is 431 g/mol. The van der Waals surface area contributed by atoms with E-state index in [9.17, 15) is 4.79 Å². The number of halogens is 2. The van der Waals surface area contributed by atoms with Gasteiger partial charge in [-0.2, -0.15) is 0 Å². The van der Waals surface area contributed by atoms with E-state index in [0.717, 1.165) is 21.3 Å². The predicted molar refractivity (Wildman–Crippen MR) is 95.1 cm³/mol. The van der Waals surface area contributed by atoms with Gasteiger partial charge in [-0.3, -0.25) is 4.79 Å². The van der Waals surface area contributed by atoms with Crippen LogP contribution in [0.15, 0.2) is 34.8 Å². The molecule has 104 valence electrons. The van der Waals surface area contributed by atoms with Crippen molar-refractivity contribution in [3.05, 3.63) is 55.1 Å². The van der Waals surface area contributed by atoms with Crippen LogP contribution in [0.4, 0.5) is 11.4 Å². The lowest BCUT2D eigenvalue weighted by Crippen LogP contribution is -2.13. The van der Waals surface area contributed by atoms with Crippen molar-refractivity contribution in [3.63, 3.8) is 0 Å². The summed E-state index contributed by atoms with van der Waals surface area (Å²) in [6, 6.07) is 9.22. The van der Waals surface area contributed by atoms with Gasteiger partial charge in [0, 0.05) is 25.0 Å². The molecular formula is C15H14BrIN2O. The standard InChI is InChI=1S/C15H14BrIN2O/c1-8-6-14(9(2)5-12(8)17)19-15(20)10-3-4-11(16)13(18)7-10/h3-7H,18H2,1-2H3,(H,19,20). The minimum Gasteiger partial charge on any atom is -0.398 e. The molecule has 3 N–H and O–H groups in total. The Kier molecular flexibility index (Phi) is 4.70. The summed E-state index contributed by atoms with van der Waals surface area (Å²) in [5.41, 5.74) is 9.90. The predicted octanol–water partition coefficient (Wildman–Crippen LogP) is 4.51. The van der Waals surface area contributed by atoms with Crippen LogP contribution >= 0.6 is 38.5 Å². The number of hydrogen-bond donors (Lipinski definition) is 2. The van der Waals surface area contributed by atoms with E-state index in [2.05, 4.69) is 49.9 Å². The highest BCUT2D eigenvalue weighted by Gasteiger charge is 2.10. The molecule has 0 aliphatic heterocycles. The van der Waals surface area contributed by atoms with Gasteiger partial charge in [0.25, 0.3) is 5.91 Å². The first-order valence-electron chi connectivity index (χ1n) is 6.01. The zero-order valence-corrected chi connectivity index (χ0v) is 14.9. The van der Waals surface area contributed by atoms with Gasteiger partial charge in [0.2, 0.25) is 0 Å². The Morgan fingerprint density at radius 3 is 2.55 bits per heavy atom. The van der Waals surface area contributed by atoms with E-state index in [1.807, 2.05) is 19.9 Å². The third kappa shape index (κ3) is 3.32. The molecule has 0 unspecified atom stereocenters. The van der Waals surface area contributed by atoms with Crippen molar-refractivity contribution in [2.24, 2.45) is 0 Å². The fourth-order valence-electron chi connectivity index (χ4n) is 1.80. The van der Waals surface area contributed by atoms with Crippen LogP contribution in [-0.2, 0) is 0 Å². The largest absolute Gasteiger partial charge is 0.398 e. The number of aryl methyl sites for hydroxylation is 2. The molecule has 2 aromatic rings. The van der Waals surface area contributed by atoms with Crippen molar-refractivity contribution >= 4 is 55.8 Å². The quantitative estimate of drug-likeness (QED) is 0.529. The number of nitrogen functional groups attached to an aromatic ring is 1. The molecule has 0 radical (unpaired) electrons. The summed E-state index contributed by atoms with van der Waals surface area (Å²) in [4.78, 5) is 12.2. The summed E-state index contributed by atoms with van der Waals surface area (Å²) < 4.78 is 1.97. The number of rotatable bonds is 2. The lowest BCUT2D eigenvalue weighted by Gasteiger charge is -2.11. The lowest BCUT2D eigenvalue weighted by molar-refractivity contribution is 0.102. The maximum absolute atomic E-state index is 12.2. The summed E-state index contributed by atoms with van der Waals surface area (Å²) in [6.45, 7) is 4.00. The number of nitrogens with two attached hydrogens (primary N) is 1. The number of amides is 1. The first-order chi connectivity index (χ1) is 9.38. The first kappa shape index (κ1) is 15.3. The summed E-state index contributed by atoms with van der Waals surface area (Å²) in [7, 11) is 0. The molecule has 0 atom stereocenters. The molecule has 5 heteroatoms. The van der Waals surface area contributed by atoms with E-state index in [-0.39, 0.29) is 5.91 Å². The highest BCUT2D eigenvalue weighted by molar-refractivity contribution is 14.1. The molecule has 0 aliphatic carbocycles. The van der Waals surface area contributed by atoms with Crippen LogP contribution in [0.2, 0.25) is 0 Å². The monoisotopic (exact) mass is 444 g/mol. The lowest BCUT2D eigenvalue weighted by atomic mass is 10.1. The van der Waals surface area contributed by atoms with Crippen LogP contribution in [0.1, 0.15) is 21.5 Å². The van der Waals surface area contributed by atoms with Gasteiger partial charge in [-0.05, 0) is 93.8 Å². The first-order valence-corrected chi connectivity index (χ1v) is 7.89. The van der Waals surface area contributed by atoms with Crippen molar-refractivity contribution in [2.45, 2.75) is 13.8 Å². The van der Waals surface area contributed by atoms with Crippen LogP contribution in [0, 0.1) is 17.4 Å². The number of carbonyl (C=O) groups is 1. The fourth-order valence-corrected chi connectivity index (χ4v) is 2.66. The molecule has 0 heterocycles.